The topological polar surface area (TPSA) is 247 Å². The van der Waals surface area contributed by atoms with E-state index in [0.29, 0.717) is 0 Å². The predicted octanol–water partition coefficient (Wildman–Crippen LogP) is -4.29. The fraction of sp³-hybridized carbons (Fsp3) is 0.500. The number of aliphatic carboxylic acids is 5. The standard InChI is InChI=1S/C6H8O7.C4H6O6.Ca.2H/c7-3(8)1-6(13,5(11)12)2-4(9)10;5-1(3(7)8)2(6)4(9)10;;;/h13H,1-2H2,(H,7,8)(H,9,10)(H,11,12);1-2,5-6H,(H,7,8)(H,9,10);;;. The molecule has 2 atom stereocenters. The molecule has 0 saturated heterocycles. The van der Waals surface area contributed by atoms with E-state index < -0.39 is 60.5 Å². The summed E-state index contributed by atoms with van der Waals surface area (Å²) in [6, 6.07) is 0. The van der Waals surface area contributed by atoms with Crippen LogP contribution >= 0.6 is 0 Å². The number of hydrogen-bond donors (Lipinski definition) is 8. The van der Waals surface area contributed by atoms with E-state index in [1.54, 1.807) is 0 Å². The molecule has 136 valence electrons. The molecule has 0 bridgehead atoms. The van der Waals surface area contributed by atoms with Gasteiger partial charge in [-0.2, -0.15) is 0 Å². The van der Waals surface area contributed by atoms with Crippen LogP contribution in [0.5, 0.6) is 0 Å². The van der Waals surface area contributed by atoms with Crippen LogP contribution in [0, 0.1) is 0 Å². The van der Waals surface area contributed by atoms with Gasteiger partial charge in [0.15, 0.2) is 17.8 Å². The fourth-order valence-electron chi connectivity index (χ4n) is 0.984. The minimum atomic E-state index is -2.74. The maximum absolute atomic E-state index is 10.3. The molecule has 0 fully saturated rings. The zero-order chi connectivity index (χ0) is 19.0. The summed E-state index contributed by atoms with van der Waals surface area (Å²) in [7, 11) is 0. The van der Waals surface area contributed by atoms with Gasteiger partial charge in [0, 0.05) is 0 Å². The third-order valence-corrected chi connectivity index (χ3v) is 2.09. The van der Waals surface area contributed by atoms with E-state index in [9.17, 15) is 24.0 Å². The van der Waals surface area contributed by atoms with Crippen LogP contribution < -0.4 is 0 Å². The fourth-order valence-corrected chi connectivity index (χ4v) is 0.984. The average Bonchev–Trinajstić information content (AvgIpc) is 2.35. The first-order chi connectivity index (χ1) is 10.2. The van der Waals surface area contributed by atoms with Crippen molar-refractivity contribution in [1.82, 2.24) is 0 Å². The van der Waals surface area contributed by atoms with Gasteiger partial charge in [-0.1, -0.05) is 0 Å². The average molecular weight is 384 g/mol. The van der Waals surface area contributed by atoms with E-state index in [2.05, 4.69) is 0 Å². The Hall–Kier alpha value is -1.51. The van der Waals surface area contributed by atoms with Gasteiger partial charge in [0.2, 0.25) is 0 Å². The molecule has 0 aromatic heterocycles. The maximum atomic E-state index is 10.3. The molecule has 0 aliphatic rings. The Kier molecular flexibility index (Phi) is 13.6. The third kappa shape index (κ3) is 11.1. The molecule has 0 saturated carbocycles. The molecule has 0 spiro atoms. The van der Waals surface area contributed by atoms with Crippen LogP contribution in [0.3, 0.4) is 0 Å². The van der Waals surface area contributed by atoms with Crippen molar-refractivity contribution in [2.75, 3.05) is 0 Å². The van der Waals surface area contributed by atoms with E-state index in [4.69, 9.17) is 40.9 Å². The van der Waals surface area contributed by atoms with Crippen molar-refractivity contribution >= 4 is 67.6 Å². The number of rotatable bonds is 8. The van der Waals surface area contributed by atoms with Gasteiger partial charge < -0.3 is 40.9 Å². The molecule has 0 radical (unpaired) electrons. The van der Waals surface area contributed by atoms with Crippen molar-refractivity contribution < 1.29 is 64.8 Å². The van der Waals surface area contributed by atoms with Crippen LogP contribution in [-0.2, 0) is 24.0 Å². The van der Waals surface area contributed by atoms with E-state index in [-0.39, 0.29) is 37.7 Å². The Balaban J connectivity index is -0.000000364. The minimum absolute atomic E-state index is 0. The number of aliphatic hydroxyl groups is 3. The van der Waals surface area contributed by atoms with Gasteiger partial charge in [-0.3, -0.25) is 9.59 Å². The quantitative estimate of drug-likeness (QED) is 0.185. The van der Waals surface area contributed by atoms with Crippen LogP contribution in [0.25, 0.3) is 0 Å². The Morgan fingerprint density at radius 3 is 1.08 bits per heavy atom. The van der Waals surface area contributed by atoms with Gasteiger partial charge in [-0.25, -0.2) is 14.4 Å². The zero-order valence-corrected chi connectivity index (χ0v) is 11.2. The summed E-state index contributed by atoms with van der Waals surface area (Å²) in [5, 5.41) is 66.3. The molecule has 2 unspecified atom stereocenters. The van der Waals surface area contributed by atoms with Crippen LogP contribution in [0.1, 0.15) is 12.8 Å². The molecule has 0 heterocycles. The molecule has 0 rings (SSSR count). The van der Waals surface area contributed by atoms with Crippen LogP contribution in [0.15, 0.2) is 0 Å². The van der Waals surface area contributed by atoms with Crippen molar-refractivity contribution in [2.45, 2.75) is 30.7 Å². The molecule has 0 aromatic carbocycles. The summed E-state index contributed by atoms with van der Waals surface area (Å²) in [5.74, 6) is -8.56. The molecule has 0 aliphatic carbocycles. The summed E-state index contributed by atoms with van der Waals surface area (Å²) in [6.07, 6.45) is -6.82. The van der Waals surface area contributed by atoms with E-state index in [1.807, 2.05) is 0 Å². The van der Waals surface area contributed by atoms with Gasteiger partial charge in [0.25, 0.3) is 0 Å². The molecule has 14 heteroatoms. The molecule has 0 amide bonds. The Morgan fingerprint density at radius 1 is 0.708 bits per heavy atom. The van der Waals surface area contributed by atoms with Gasteiger partial charge in [0.1, 0.15) is 0 Å². The van der Waals surface area contributed by atoms with E-state index in [0.717, 1.165) is 0 Å². The van der Waals surface area contributed by atoms with Crippen molar-refractivity contribution in [3.63, 3.8) is 0 Å². The Morgan fingerprint density at radius 2 is 0.958 bits per heavy atom. The van der Waals surface area contributed by atoms with Crippen molar-refractivity contribution in [1.29, 1.82) is 0 Å². The monoisotopic (exact) mass is 384 g/mol. The van der Waals surface area contributed by atoms with Gasteiger partial charge in [-0.15, -0.1) is 0 Å². The zero-order valence-electron chi connectivity index (χ0n) is 11.2. The molecular weight excluding hydrogens is 368 g/mol. The molecular formula is C10H16CaO13. The summed E-state index contributed by atoms with van der Waals surface area (Å²) >= 11 is 0. The molecule has 8 N–H and O–H groups in total. The first-order valence-corrected chi connectivity index (χ1v) is 5.45. The number of carboxylic acid groups (broad SMARTS) is 5. The predicted molar refractivity (Wildman–Crippen MR) is 72.9 cm³/mol. The summed E-state index contributed by atoms with van der Waals surface area (Å²) in [5.41, 5.74) is -2.74. The van der Waals surface area contributed by atoms with Gasteiger partial charge in [-0.05, 0) is 0 Å². The Bertz CT molecular complexity index is 453. The van der Waals surface area contributed by atoms with Gasteiger partial charge >= 0.3 is 67.6 Å². The SMILES string of the molecule is O=C(O)C(O)C(O)C(=O)O.O=C(O)CC(O)(CC(=O)O)C(=O)O.[CaH2]. The molecule has 13 nitrogen and oxygen atoms in total. The van der Waals surface area contributed by atoms with Gasteiger partial charge in [0.05, 0.1) is 12.8 Å². The molecule has 0 aromatic rings. The van der Waals surface area contributed by atoms with Crippen molar-refractivity contribution in [3.8, 4) is 0 Å². The number of hydrogen-bond acceptors (Lipinski definition) is 8. The first-order valence-electron chi connectivity index (χ1n) is 5.45. The summed E-state index contributed by atoms with van der Waals surface area (Å²) < 4.78 is 0. The second kappa shape index (κ2) is 11.9. The third-order valence-electron chi connectivity index (χ3n) is 2.09. The normalized spacial score (nSPS) is 12.5. The van der Waals surface area contributed by atoms with Crippen LogP contribution in [0.2, 0.25) is 0 Å². The second-order valence-corrected chi connectivity index (χ2v) is 4.04. The summed E-state index contributed by atoms with van der Waals surface area (Å²) in [6.45, 7) is 0. The number of aliphatic hydroxyl groups excluding tert-OH is 2. The Labute approximate surface area is 162 Å². The number of carbonyl (C=O) groups is 5. The first kappa shape index (κ1) is 27.3. The second-order valence-electron chi connectivity index (χ2n) is 4.04. The molecule has 0 aliphatic heterocycles. The summed E-state index contributed by atoms with van der Waals surface area (Å²) in [4.78, 5) is 50.0. The van der Waals surface area contributed by atoms with Crippen LogP contribution in [-0.4, -0.2) is 126 Å². The van der Waals surface area contributed by atoms with Crippen molar-refractivity contribution in [2.24, 2.45) is 0 Å². The van der Waals surface area contributed by atoms with Crippen LogP contribution in [0.4, 0.5) is 0 Å². The molecule has 24 heavy (non-hydrogen) atoms. The van der Waals surface area contributed by atoms with E-state index >= 15 is 0 Å². The number of carboxylic acids is 5. The van der Waals surface area contributed by atoms with E-state index in [1.165, 1.54) is 0 Å². The van der Waals surface area contributed by atoms with Crippen molar-refractivity contribution in [3.05, 3.63) is 0 Å².